The fraction of sp³-hybridized carbons (Fsp3) is 0.500. The molecule has 0 aliphatic carbocycles. The van der Waals surface area contributed by atoms with Crippen LogP contribution in [-0.4, -0.2) is 41.7 Å². The Balaban J connectivity index is 1.80. The van der Waals surface area contributed by atoms with Gasteiger partial charge in [-0.25, -0.2) is 0 Å². The van der Waals surface area contributed by atoms with Gasteiger partial charge < -0.3 is 10.2 Å². The van der Waals surface area contributed by atoms with E-state index in [4.69, 9.17) is 11.6 Å². The lowest BCUT2D eigenvalue weighted by molar-refractivity contribution is -0.132. The molecule has 2 rings (SSSR count). The molecule has 2 amide bonds. The van der Waals surface area contributed by atoms with Gasteiger partial charge in [-0.2, -0.15) is 0 Å². The number of piperidine rings is 1. The number of halogens is 2. The van der Waals surface area contributed by atoms with Gasteiger partial charge >= 0.3 is 0 Å². The number of hydrogen-bond acceptors (Lipinski definition) is 2. The maximum atomic E-state index is 12.2. The van der Waals surface area contributed by atoms with Gasteiger partial charge in [-0.15, -0.1) is 11.6 Å². The molecule has 0 unspecified atom stereocenters. The van der Waals surface area contributed by atoms with Crippen molar-refractivity contribution in [1.82, 2.24) is 10.2 Å². The predicted octanol–water partition coefficient (Wildman–Crippen LogP) is 3.19. The van der Waals surface area contributed by atoms with Gasteiger partial charge in [0.2, 0.25) is 5.91 Å². The van der Waals surface area contributed by atoms with Gasteiger partial charge in [0.1, 0.15) is 0 Å². The average molecular weight is 388 g/mol. The molecule has 1 saturated heterocycles. The van der Waals surface area contributed by atoms with E-state index in [0.717, 1.165) is 23.7 Å². The van der Waals surface area contributed by atoms with E-state index >= 15 is 0 Å². The van der Waals surface area contributed by atoms with Gasteiger partial charge in [0.15, 0.2) is 0 Å². The van der Waals surface area contributed by atoms with Crippen LogP contribution in [0.2, 0.25) is 0 Å². The van der Waals surface area contributed by atoms with Crippen LogP contribution in [0.5, 0.6) is 0 Å². The molecule has 1 aromatic carbocycles. The van der Waals surface area contributed by atoms with Crippen molar-refractivity contribution in [2.75, 3.05) is 19.0 Å². The second-order valence-corrected chi connectivity index (χ2v) is 6.73. The third-order valence-electron chi connectivity index (χ3n) is 3.79. The van der Waals surface area contributed by atoms with Crippen LogP contribution in [0.3, 0.4) is 0 Å². The second-order valence-electron chi connectivity index (χ2n) is 5.43. The fourth-order valence-corrected chi connectivity index (χ4v) is 3.08. The van der Waals surface area contributed by atoms with Crippen LogP contribution in [0.4, 0.5) is 0 Å². The molecule has 0 bridgehead atoms. The third kappa shape index (κ3) is 4.99. The summed E-state index contributed by atoms with van der Waals surface area (Å²) in [4.78, 5) is 26.0. The van der Waals surface area contributed by atoms with Crippen molar-refractivity contribution in [2.24, 2.45) is 0 Å². The standard InChI is InChI=1S/C16H20BrClN2O2/c17-13-4-1-3-12(11-13)16(22)19-14-6-9-20(10-7-14)15(21)5-2-8-18/h1,3-4,11,14H,2,5-10H2,(H,19,22). The summed E-state index contributed by atoms with van der Waals surface area (Å²) in [5.74, 6) is 0.621. The van der Waals surface area contributed by atoms with Crippen molar-refractivity contribution in [3.8, 4) is 0 Å². The Kier molecular flexibility index (Phi) is 6.70. The van der Waals surface area contributed by atoms with Crippen LogP contribution < -0.4 is 5.32 Å². The first kappa shape index (κ1) is 17.3. The molecule has 1 aliphatic rings. The smallest absolute Gasteiger partial charge is 0.251 e. The summed E-state index contributed by atoms with van der Waals surface area (Å²) in [5, 5.41) is 3.05. The Morgan fingerprint density at radius 3 is 2.68 bits per heavy atom. The normalized spacial score (nSPS) is 15.6. The largest absolute Gasteiger partial charge is 0.349 e. The van der Waals surface area contributed by atoms with Gasteiger partial charge in [-0.1, -0.05) is 22.0 Å². The highest BCUT2D eigenvalue weighted by Crippen LogP contribution is 2.15. The summed E-state index contributed by atoms with van der Waals surface area (Å²) >= 11 is 8.98. The molecule has 0 atom stereocenters. The van der Waals surface area contributed by atoms with Gasteiger partial charge in [0.25, 0.3) is 5.91 Å². The first-order chi connectivity index (χ1) is 10.6. The van der Waals surface area contributed by atoms with Crippen molar-refractivity contribution in [2.45, 2.75) is 31.7 Å². The minimum Gasteiger partial charge on any atom is -0.349 e. The number of likely N-dealkylation sites (tertiary alicyclic amines) is 1. The van der Waals surface area contributed by atoms with Crippen LogP contribution in [0.15, 0.2) is 28.7 Å². The number of hydrogen-bond donors (Lipinski definition) is 1. The van der Waals surface area contributed by atoms with Gasteiger partial charge in [-0.05, 0) is 37.5 Å². The van der Waals surface area contributed by atoms with E-state index in [1.54, 1.807) is 12.1 Å². The lowest BCUT2D eigenvalue weighted by Crippen LogP contribution is -2.46. The van der Waals surface area contributed by atoms with Crippen LogP contribution >= 0.6 is 27.5 Å². The molecule has 0 saturated carbocycles. The topological polar surface area (TPSA) is 49.4 Å². The zero-order chi connectivity index (χ0) is 15.9. The van der Waals surface area contributed by atoms with E-state index in [1.807, 2.05) is 17.0 Å². The quantitative estimate of drug-likeness (QED) is 0.789. The summed E-state index contributed by atoms with van der Waals surface area (Å²) < 4.78 is 0.889. The first-order valence-electron chi connectivity index (χ1n) is 7.50. The molecule has 1 heterocycles. The monoisotopic (exact) mass is 386 g/mol. The second kappa shape index (κ2) is 8.53. The van der Waals surface area contributed by atoms with Crippen LogP contribution in [-0.2, 0) is 4.79 Å². The molecule has 0 spiro atoms. The highest BCUT2D eigenvalue weighted by molar-refractivity contribution is 9.10. The zero-order valence-electron chi connectivity index (χ0n) is 12.4. The lowest BCUT2D eigenvalue weighted by atomic mass is 10.0. The number of amides is 2. The molecule has 4 nitrogen and oxygen atoms in total. The summed E-state index contributed by atoms with van der Waals surface area (Å²) in [6.07, 6.45) is 2.83. The minimum absolute atomic E-state index is 0.0618. The fourth-order valence-electron chi connectivity index (χ4n) is 2.55. The highest BCUT2D eigenvalue weighted by Gasteiger charge is 2.23. The van der Waals surface area contributed by atoms with Crippen LogP contribution in [0, 0.1) is 0 Å². The van der Waals surface area contributed by atoms with E-state index < -0.39 is 0 Å². The summed E-state index contributed by atoms with van der Waals surface area (Å²) in [5.41, 5.74) is 0.648. The number of carbonyl (C=O) groups excluding carboxylic acids is 2. The maximum absolute atomic E-state index is 12.2. The van der Waals surface area contributed by atoms with E-state index in [-0.39, 0.29) is 17.9 Å². The molecular formula is C16H20BrClN2O2. The number of nitrogens with one attached hydrogen (secondary N) is 1. The highest BCUT2D eigenvalue weighted by atomic mass is 79.9. The number of alkyl halides is 1. The Morgan fingerprint density at radius 1 is 1.32 bits per heavy atom. The SMILES string of the molecule is O=C(NC1CCN(C(=O)CCCCl)CC1)c1cccc(Br)c1. The van der Waals surface area contributed by atoms with E-state index in [2.05, 4.69) is 21.2 Å². The minimum atomic E-state index is -0.0618. The average Bonchev–Trinajstić information content (AvgIpc) is 2.53. The predicted molar refractivity (Wildman–Crippen MR) is 91.2 cm³/mol. The van der Waals surface area contributed by atoms with Crippen LogP contribution in [0.1, 0.15) is 36.0 Å². The Morgan fingerprint density at radius 2 is 2.05 bits per heavy atom. The Bertz CT molecular complexity index is 531. The van der Waals surface area contributed by atoms with Gasteiger partial charge in [0, 0.05) is 41.5 Å². The Labute approximate surface area is 144 Å². The van der Waals surface area contributed by atoms with E-state index in [1.165, 1.54) is 0 Å². The third-order valence-corrected chi connectivity index (χ3v) is 4.55. The number of benzene rings is 1. The molecule has 1 aromatic rings. The number of nitrogens with zero attached hydrogens (tertiary/aromatic N) is 1. The summed E-state index contributed by atoms with van der Waals surface area (Å²) in [6.45, 7) is 1.40. The molecule has 22 heavy (non-hydrogen) atoms. The molecule has 1 aliphatic heterocycles. The zero-order valence-corrected chi connectivity index (χ0v) is 14.7. The van der Waals surface area contributed by atoms with Crippen molar-refractivity contribution in [3.05, 3.63) is 34.3 Å². The first-order valence-corrected chi connectivity index (χ1v) is 8.83. The summed E-state index contributed by atoms with van der Waals surface area (Å²) in [6, 6.07) is 7.47. The van der Waals surface area contributed by atoms with E-state index in [0.29, 0.717) is 31.0 Å². The van der Waals surface area contributed by atoms with Crippen LogP contribution in [0.25, 0.3) is 0 Å². The molecule has 1 fully saturated rings. The van der Waals surface area contributed by atoms with Crippen molar-refractivity contribution in [3.63, 3.8) is 0 Å². The van der Waals surface area contributed by atoms with Crippen molar-refractivity contribution >= 4 is 39.3 Å². The van der Waals surface area contributed by atoms with Gasteiger partial charge in [-0.3, -0.25) is 9.59 Å². The maximum Gasteiger partial charge on any atom is 0.251 e. The van der Waals surface area contributed by atoms with Crippen molar-refractivity contribution in [1.29, 1.82) is 0 Å². The molecule has 120 valence electrons. The molecule has 6 heteroatoms. The molecule has 0 aromatic heterocycles. The summed E-state index contributed by atoms with van der Waals surface area (Å²) in [7, 11) is 0. The van der Waals surface area contributed by atoms with E-state index in [9.17, 15) is 9.59 Å². The van der Waals surface area contributed by atoms with Crippen molar-refractivity contribution < 1.29 is 9.59 Å². The lowest BCUT2D eigenvalue weighted by Gasteiger charge is -2.32. The molecule has 1 N–H and O–H groups in total. The van der Waals surface area contributed by atoms with Gasteiger partial charge in [0.05, 0.1) is 0 Å². The number of rotatable bonds is 5. The Hall–Kier alpha value is -1.07. The number of carbonyl (C=O) groups is 2. The molecular weight excluding hydrogens is 368 g/mol. The molecule has 0 radical (unpaired) electrons.